The van der Waals surface area contributed by atoms with Gasteiger partial charge in [0, 0.05) is 11.6 Å². The first-order valence-corrected chi connectivity index (χ1v) is 5.72. The lowest BCUT2D eigenvalue weighted by Crippen LogP contribution is -2.34. The number of hydrogen-bond acceptors (Lipinski definition) is 3. The molecule has 1 aromatic carbocycles. The van der Waals surface area contributed by atoms with E-state index in [1.54, 1.807) is 14.0 Å². The summed E-state index contributed by atoms with van der Waals surface area (Å²) in [5, 5.41) is 4.13. The number of rotatable bonds is 4. The Labute approximate surface area is 101 Å². The Bertz CT molecular complexity index is 536. The van der Waals surface area contributed by atoms with Crippen molar-refractivity contribution in [2.75, 3.05) is 7.05 Å². The quantitative estimate of drug-likeness (QED) is 0.869. The number of carbonyl (C=O) groups is 1. The second kappa shape index (κ2) is 5.06. The van der Waals surface area contributed by atoms with Crippen LogP contribution >= 0.6 is 0 Å². The number of nitrogens with one attached hydrogen (secondary N) is 1. The van der Waals surface area contributed by atoms with Gasteiger partial charge in [-0.1, -0.05) is 18.2 Å². The minimum Gasteiger partial charge on any atom is -0.310 e. The number of aromatic nitrogens is 1. The van der Waals surface area contributed by atoms with Gasteiger partial charge in [0.25, 0.3) is 0 Å². The maximum atomic E-state index is 11.4. The molecule has 2 rings (SSSR count). The number of ketones is 1. The van der Waals surface area contributed by atoms with Crippen molar-refractivity contribution in [1.82, 2.24) is 10.3 Å². The van der Waals surface area contributed by atoms with E-state index in [0.29, 0.717) is 6.42 Å². The molecule has 0 fully saturated rings. The minimum absolute atomic E-state index is 0.127. The van der Waals surface area contributed by atoms with Crippen LogP contribution in [0.3, 0.4) is 0 Å². The molecule has 1 heterocycles. The van der Waals surface area contributed by atoms with E-state index in [2.05, 4.69) is 16.4 Å². The van der Waals surface area contributed by atoms with Crippen LogP contribution in [0.2, 0.25) is 0 Å². The van der Waals surface area contributed by atoms with Crippen LogP contribution < -0.4 is 5.32 Å². The first kappa shape index (κ1) is 11.7. The first-order chi connectivity index (χ1) is 8.20. The molecule has 1 N–H and O–H groups in total. The maximum Gasteiger partial charge on any atom is 0.147 e. The fraction of sp³-hybridized carbons (Fsp3) is 0.286. The Hall–Kier alpha value is -1.74. The third-order valence-electron chi connectivity index (χ3n) is 2.93. The van der Waals surface area contributed by atoms with Crippen LogP contribution in [0.5, 0.6) is 0 Å². The van der Waals surface area contributed by atoms with Gasteiger partial charge in [0.1, 0.15) is 5.78 Å². The van der Waals surface area contributed by atoms with Gasteiger partial charge in [0.05, 0.1) is 11.6 Å². The number of benzene rings is 1. The molecule has 0 unspecified atom stereocenters. The van der Waals surface area contributed by atoms with Crippen molar-refractivity contribution in [2.24, 2.45) is 0 Å². The predicted octanol–water partition coefficient (Wildman–Crippen LogP) is 1.95. The Kier molecular flexibility index (Phi) is 3.49. The molecule has 3 heteroatoms. The summed E-state index contributed by atoms with van der Waals surface area (Å²) in [6.45, 7) is 1.61. The van der Waals surface area contributed by atoms with Gasteiger partial charge in [-0.05, 0) is 38.1 Å². The summed E-state index contributed by atoms with van der Waals surface area (Å²) < 4.78 is 0. The van der Waals surface area contributed by atoms with Gasteiger partial charge in [0.2, 0.25) is 0 Å². The summed E-state index contributed by atoms with van der Waals surface area (Å²) in [7, 11) is 1.81. The second-order valence-electron chi connectivity index (χ2n) is 4.19. The molecular weight excluding hydrogens is 212 g/mol. The molecule has 2 aromatic rings. The predicted molar refractivity (Wildman–Crippen MR) is 69.0 cm³/mol. The van der Waals surface area contributed by atoms with Crippen LogP contribution in [-0.4, -0.2) is 23.9 Å². The number of nitrogens with zero attached hydrogens (tertiary/aromatic N) is 1. The third kappa shape index (κ3) is 2.68. The number of hydrogen-bond donors (Lipinski definition) is 1. The molecule has 1 atom stereocenters. The van der Waals surface area contributed by atoms with Gasteiger partial charge >= 0.3 is 0 Å². The van der Waals surface area contributed by atoms with E-state index < -0.39 is 0 Å². The fourth-order valence-electron chi connectivity index (χ4n) is 1.91. The van der Waals surface area contributed by atoms with Crippen molar-refractivity contribution in [3.63, 3.8) is 0 Å². The van der Waals surface area contributed by atoms with Crippen LogP contribution in [0.4, 0.5) is 0 Å². The largest absolute Gasteiger partial charge is 0.310 e. The number of para-hydroxylation sites is 1. The van der Waals surface area contributed by atoms with Crippen molar-refractivity contribution < 1.29 is 4.79 Å². The highest BCUT2D eigenvalue weighted by Crippen LogP contribution is 2.13. The van der Waals surface area contributed by atoms with E-state index in [0.717, 1.165) is 16.5 Å². The molecule has 0 aliphatic rings. The van der Waals surface area contributed by atoms with Crippen LogP contribution in [-0.2, 0) is 11.2 Å². The molecule has 0 radical (unpaired) electrons. The monoisotopic (exact) mass is 228 g/mol. The van der Waals surface area contributed by atoms with E-state index in [9.17, 15) is 4.79 Å². The van der Waals surface area contributed by atoms with Crippen molar-refractivity contribution >= 4 is 16.7 Å². The summed E-state index contributed by atoms with van der Waals surface area (Å²) in [4.78, 5) is 15.7. The minimum atomic E-state index is -0.127. The summed E-state index contributed by atoms with van der Waals surface area (Å²) in [5.74, 6) is 0.153. The van der Waals surface area contributed by atoms with Crippen LogP contribution in [0.1, 0.15) is 12.5 Å². The van der Waals surface area contributed by atoms with Gasteiger partial charge < -0.3 is 5.32 Å². The molecule has 1 aromatic heterocycles. The van der Waals surface area contributed by atoms with Crippen molar-refractivity contribution in [2.45, 2.75) is 19.4 Å². The van der Waals surface area contributed by atoms with Crippen molar-refractivity contribution in [3.05, 3.63) is 42.1 Å². The highest BCUT2D eigenvalue weighted by atomic mass is 16.1. The molecule has 0 bridgehead atoms. The van der Waals surface area contributed by atoms with E-state index >= 15 is 0 Å². The molecule has 88 valence electrons. The summed E-state index contributed by atoms with van der Waals surface area (Å²) >= 11 is 0. The molecule has 3 nitrogen and oxygen atoms in total. The van der Waals surface area contributed by atoms with Gasteiger partial charge in [0.15, 0.2) is 0 Å². The lowest BCUT2D eigenvalue weighted by Gasteiger charge is -2.12. The Morgan fingerprint density at radius 2 is 2.18 bits per heavy atom. The van der Waals surface area contributed by atoms with Crippen LogP contribution in [0.15, 0.2) is 36.5 Å². The number of likely N-dealkylation sites (N-methyl/N-ethyl adjacent to an activating group) is 1. The molecular formula is C14H16N2O. The first-order valence-electron chi connectivity index (χ1n) is 5.72. The van der Waals surface area contributed by atoms with E-state index in [4.69, 9.17) is 0 Å². The fourth-order valence-corrected chi connectivity index (χ4v) is 1.91. The number of pyridine rings is 1. The van der Waals surface area contributed by atoms with E-state index in [1.807, 2.05) is 30.5 Å². The third-order valence-corrected chi connectivity index (χ3v) is 2.93. The Morgan fingerprint density at radius 3 is 2.88 bits per heavy atom. The normalized spacial score (nSPS) is 12.6. The molecule has 0 amide bonds. The topological polar surface area (TPSA) is 42.0 Å². The molecule has 0 spiro atoms. The SMILES string of the molecule is CN[C@@H](Cc1cnc2ccccc2c1)C(C)=O. The van der Waals surface area contributed by atoms with Gasteiger partial charge in [-0.15, -0.1) is 0 Å². The molecule has 0 saturated heterocycles. The second-order valence-corrected chi connectivity index (χ2v) is 4.19. The summed E-state index contributed by atoms with van der Waals surface area (Å²) in [5.41, 5.74) is 2.07. The standard InChI is InChI=1S/C14H16N2O/c1-10(17)14(15-2)8-11-7-12-5-3-4-6-13(12)16-9-11/h3-7,9,14-15H,8H2,1-2H3/t14-/m0/s1. The number of carbonyl (C=O) groups excluding carboxylic acids is 1. The van der Waals surface area contributed by atoms with Crippen LogP contribution in [0, 0.1) is 0 Å². The van der Waals surface area contributed by atoms with Crippen LogP contribution in [0.25, 0.3) is 10.9 Å². The lowest BCUT2D eigenvalue weighted by atomic mass is 10.0. The average Bonchev–Trinajstić information content (AvgIpc) is 2.35. The molecule has 0 saturated carbocycles. The highest BCUT2D eigenvalue weighted by Gasteiger charge is 2.12. The van der Waals surface area contributed by atoms with Gasteiger partial charge in [-0.25, -0.2) is 0 Å². The van der Waals surface area contributed by atoms with Gasteiger partial charge in [-0.2, -0.15) is 0 Å². The highest BCUT2D eigenvalue weighted by molar-refractivity contribution is 5.82. The zero-order valence-corrected chi connectivity index (χ0v) is 10.1. The Balaban J connectivity index is 2.27. The summed E-state index contributed by atoms with van der Waals surface area (Å²) in [6.07, 6.45) is 2.53. The lowest BCUT2D eigenvalue weighted by molar-refractivity contribution is -0.118. The van der Waals surface area contributed by atoms with E-state index in [1.165, 1.54) is 0 Å². The zero-order valence-electron chi connectivity index (χ0n) is 10.1. The van der Waals surface area contributed by atoms with Gasteiger partial charge in [-0.3, -0.25) is 9.78 Å². The summed E-state index contributed by atoms with van der Waals surface area (Å²) in [6, 6.07) is 9.95. The molecule has 0 aliphatic carbocycles. The van der Waals surface area contributed by atoms with Crippen molar-refractivity contribution in [3.8, 4) is 0 Å². The smallest absolute Gasteiger partial charge is 0.147 e. The maximum absolute atomic E-state index is 11.4. The average molecular weight is 228 g/mol. The molecule has 0 aliphatic heterocycles. The zero-order chi connectivity index (χ0) is 12.3. The van der Waals surface area contributed by atoms with E-state index in [-0.39, 0.29) is 11.8 Å². The number of fused-ring (bicyclic) bond motifs is 1. The van der Waals surface area contributed by atoms with Crippen molar-refractivity contribution in [1.29, 1.82) is 0 Å². The molecule has 17 heavy (non-hydrogen) atoms. The Morgan fingerprint density at radius 1 is 1.41 bits per heavy atom. The number of Topliss-reactive ketones (excluding diaryl/α,β-unsaturated/α-hetero) is 1.